The van der Waals surface area contributed by atoms with Gasteiger partial charge in [0.25, 0.3) is 0 Å². The molecule has 35 heavy (non-hydrogen) atoms. The van der Waals surface area contributed by atoms with Crippen molar-refractivity contribution in [2.75, 3.05) is 24.9 Å². The van der Waals surface area contributed by atoms with E-state index < -0.39 is 0 Å². The Kier molecular flexibility index (Phi) is 7.83. The standard InChI is InChI=1S/C28H24N2O4Se/c1-33-23-15-7-5-13-21(23)29-27(31)19-11-3-9-17-25(19)35-26-18-10-4-12-20(26)28(32)30-22-14-6-8-16-24(22)34-2/h3-18H,1-2H3,(H,29,31)(H,30,32). The number of ether oxygens (including phenoxy) is 2. The van der Waals surface area contributed by atoms with Gasteiger partial charge in [-0.15, -0.1) is 0 Å². The molecule has 0 spiro atoms. The number of anilines is 2. The molecule has 0 radical (unpaired) electrons. The molecule has 2 N–H and O–H groups in total. The molecular formula is C28H24N2O4Se. The molecule has 6 nitrogen and oxygen atoms in total. The number of nitrogens with one attached hydrogen (secondary N) is 2. The van der Waals surface area contributed by atoms with Gasteiger partial charge in [0.05, 0.1) is 0 Å². The molecule has 4 aromatic rings. The number of methoxy groups -OCH3 is 2. The van der Waals surface area contributed by atoms with Gasteiger partial charge >= 0.3 is 211 Å². The van der Waals surface area contributed by atoms with Crippen molar-refractivity contribution in [3.8, 4) is 11.5 Å². The third-order valence-corrected chi connectivity index (χ3v) is 7.61. The summed E-state index contributed by atoms with van der Waals surface area (Å²) in [5.74, 6) is 0.704. The summed E-state index contributed by atoms with van der Waals surface area (Å²) in [7, 11) is 3.13. The summed E-state index contributed by atoms with van der Waals surface area (Å²) < 4.78 is 12.4. The van der Waals surface area contributed by atoms with Crippen LogP contribution in [0, 0.1) is 0 Å². The van der Waals surface area contributed by atoms with Gasteiger partial charge in [0, 0.05) is 0 Å². The number of carbonyl (C=O) groups excluding carboxylic acids is 2. The van der Waals surface area contributed by atoms with Crippen LogP contribution < -0.4 is 29.0 Å². The molecular weight excluding hydrogens is 507 g/mol. The molecule has 7 heteroatoms. The minimum absolute atomic E-state index is 0.233. The Labute approximate surface area is 210 Å². The molecule has 0 aromatic heterocycles. The van der Waals surface area contributed by atoms with E-state index in [9.17, 15) is 9.59 Å². The molecule has 4 aromatic carbocycles. The molecule has 0 saturated carbocycles. The predicted molar refractivity (Wildman–Crippen MR) is 140 cm³/mol. The van der Waals surface area contributed by atoms with E-state index in [1.54, 1.807) is 50.6 Å². The van der Waals surface area contributed by atoms with Crippen LogP contribution in [0.4, 0.5) is 11.4 Å². The second-order valence-electron chi connectivity index (χ2n) is 7.40. The van der Waals surface area contributed by atoms with Gasteiger partial charge in [0.1, 0.15) is 0 Å². The molecule has 0 unspecified atom stereocenters. The van der Waals surface area contributed by atoms with Crippen molar-refractivity contribution in [2.45, 2.75) is 0 Å². The topological polar surface area (TPSA) is 76.7 Å². The summed E-state index contributed by atoms with van der Waals surface area (Å²) in [4.78, 5) is 26.3. The van der Waals surface area contributed by atoms with E-state index in [1.807, 2.05) is 60.7 Å². The van der Waals surface area contributed by atoms with E-state index in [4.69, 9.17) is 9.47 Å². The van der Waals surface area contributed by atoms with Crippen LogP contribution in [-0.4, -0.2) is 41.0 Å². The molecule has 0 aliphatic heterocycles. The zero-order valence-electron chi connectivity index (χ0n) is 19.3. The first-order chi connectivity index (χ1) is 17.1. The first kappa shape index (κ1) is 24.1. The Balaban J connectivity index is 1.59. The van der Waals surface area contributed by atoms with Gasteiger partial charge in [-0.1, -0.05) is 0 Å². The molecule has 0 fully saturated rings. The Bertz CT molecular complexity index is 1250. The summed E-state index contributed by atoms with van der Waals surface area (Å²) >= 11 is -0.302. The first-order valence-electron chi connectivity index (χ1n) is 10.9. The van der Waals surface area contributed by atoms with E-state index in [0.717, 1.165) is 8.92 Å². The van der Waals surface area contributed by atoms with Crippen LogP contribution >= 0.6 is 0 Å². The minimum atomic E-state index is -0.302. The van der Waals surface area contributed by atoms with E-state index >= 15 is 0 Å². The van der Waals surface area contributed by atoms with Crippen LogP contribution in [0.3, 0.4) is 0 Å². The van der Waals surface area contributed by atoms with E-state index in [-0.39, 0.29) is 26.8 Å². The molecule has 0 aliphatic carbocycles. The van der Waals surface area contributed by atoms with E-state index in [0.29, 0.717) is 34.0 Å². The van der Waals surface area contributed by atoms with E-state index in [1.165, 1.54) is 0 Å². The fraction of sp³-hybridized carbons (Fsp3) is 0.0714. The second-order valence-corrected chi connectivity index (χ2v) is 9.68. The maximum atomic E-state index is 13.2. The van der Waals surface area contributed by atoms with Crippen molar-refractivity contribution >= 4 is 47.1 Å². The van der Waals surface area contributed by atoms with E-state index in [2.05, 4.69) is 10.6 Å². The molecule has 2 amide bonds. The zero-order chi connectivity index (χ0) is 24.6. The van der Waals surface area contributed by atoms with Gasteiger partial charge in [-0.3, -0.25) is 0 Å². The second kappa shape index (κ2) is 11.4. The van der Waals surface area contributed by atoms with Gasteiger partial charge in [0.15, 0.2) is 0 Å². The third kappa shape index (κ3) is 5.72. The van der Waals surface area contributed by atoms with Gasteiger partial charge < -0.3 is 0 Å². The Hall–Kier alpha value is -4.06. The van der Waals surface area contributed by atoms with Crippen molar-refractivity contribution in [1.82, 2.24) is 0 Å². The Morgan fingerprint density at radius 3 is 1.37 bits per heavy atom. The summed E-state index contributed by atoms with van der Waals surface area (Å²) in [6.07, 6.45) is 0. The Morgan fingerprint density at radius 1 is 0.571 bits per heavy atom. The van der Waals surface area contributed by atoms with Crippen molar-refractivity contribution in [3.63, 3.8) is 0 Å². The monoisotopic (exact) mass is 532 g/mol. The molecule has 0 saturated heterocycles. The number of rotatable bonds is 8. The summed E-state index contributed by atoms with van der Waals surface area (Å²) in [6, 6.07) is 29.4. The van der Waals surface area contributed by atoms with Gasteiger partial charge in [-0.05, 0) is 0 Å². The quantitative estimate of drug-likeness (QED) is 0.339. The van der Waals surface area contributed by atoms with Crippen LogP contribution in [0.15, 0.2) is 97.1 Å². The van der Waals surface area contributed by atoms with Crippen molar-refractivity contribution in [1.29, 1.82) is 0 Å². The van der Waals surface area contributed by atoms with Crippen molar-refractivity contribution < 1.29 is 19.1 Å². The number of para-hydroxylation sites is 4. The van der Waals surface area contributed by atoms with Crippen molar-refractivity contribution in [3.05, 3.63) is 108 Å². The normalized spacial score (nSPS) is 10.3. The van der Waals surface area contributed by atoms with Crippen LogP contribution in [-0.2, 0) is 0 Å². The molecule has 0 bridgehead atoms. The van der Waals surface area contributed by atoms with Gasteiger partial charge in [0.2, 0.25) is 0 Å². The predicted octanol–water partition coefficient (Wildman–Crippen LogP) is 3.86. The average Bonchev–Trinajstić information content (AvgIpc) is 2.90. The van der Waals surface area contributed by atoms with Crippen LogP contribution in [0.2, 0.25) is 0 Å². The SMILES string of the molecule is COc1ccccc1NC(=O)c1ccccc1[Se]c1ccccc1C(=O)Nc1ccccc1OC. The fourth-order valence-corrected chi connectivity index (χ4v) is 5.73. The van der Waals surface area contributed by atoms with Crippen LogP contribution in [0.5, 0.6) is 11.5 Å². The fourth-order valence-electron chi connectivity index (χ4n) is 3.48. The molecule has 0 aliphatic rings. The zero-order valence-corrected chi connectivity index (χ0v) is 21.0. The number of carbonyl (C=O) groups is 2. The molecule has 4 rings (SSSR count). The maximum absolute atomic E-state index is 13.2. The number of hydrogen-bond donors (Lipinski definition) is 2. The van der Waals surface area contributed by atoms with Crippen LogP contribution in [0.1, 0.15) is 20.7 Å². The van der Waals surface area contributed by atoms with Gasteiger partial charge in [-0.2, -0.15) is 0 Å². The van der Waals surface area contributed by atoms with Crippen LogP contribution in [0.25, 0.3) is 0 Å². The molecule has 0 atom stereocenters. The average molecular weight is 531 g/mol. The molecule has 0 heterocycles. The number of benzene rings is 4. The van der Waals surface area contributed by atoms with Crippen molar-refractivity contribution in [2.24, 2.45) is 0 Å². The third-order valence-electron chi connectivity index (χ3n) is 5.19. The summed E-state index contributed by atoms with van der Waals surface area (Å²) in [6.45, 7) is 0. The first-order valence-corrected chi connectivity index (χ1v) is 12.6. The summed E-state index contributed by atoms with van der Waals surface area (Å²) in [5.41, 5.74) is 2.30. The molecule has 176 valence electrons. The number of amides is 2. The number of hydrogen-bond acceptors (Lipinski definition) is 4. The van der Waals surface area contributed by atoms with Gasteiger partial charge in [-0.25, -0.2) is 0 Å². The summed E-state index contributed by atoms with van der Waals surface area (Å²) in [5, 5.41) is 5.88. The Morgan fingerprint density at radius 2 is 0.943 bits per heavy atom.